The van der Waals surface area contributed by atoms with E-state index < -0.39 is 5.63 Å². The fourth-order valence-corrected chi connectivity index (χ4v) is 3.11. The summed E-state index contributed by atoms with van der Waals surface area (Å²) in [6.45, 7) is 5.33. The molecule has 0 aliphatic carbocycles. The van der Waals surface area contributed by atoms with E-state index in [9.17, 15) is 9.59 Å². The summed E-state index contributed by atoms with van der Waals surface area (Å²) in [4.78, 5) is 26.0. The van der Waals surface area contributed by atoms with Crippen LogP contribution in [0.4, 0.5) is 0 Å². The molecule has 0 spiro atoms. The predicted octanol–water partition coefficient (Wildman–Crippen LogP) is 3.03. The van der Waals surface area contributed by atoms with Crippen LogP contribution in [0.25, 0.3) is 0 Å². The number of nitrogens with zero attached hydrogens (tertiary/aromatic N) is 1. The first-order chi connectivity index (χ1) is 12.6. The molecule has 2 aromatic rings. The fraction of sp³-hybridized carbons (Fsp3) is 0.400. The SMILES string of the molecule is CCOc1ccccc1C(=O)N1CCC(Oc2cc(C)oc(=O)c2)CC1. The van der Waals surface area contributed by atoms with Gasteiger partial charge in [-0.05, 0) is 26.0 Å². The number of ether oxygens (including phenoxy) is 2. The summed E-state index contributed by atoms with van der Waals surface area (Å²) in [6.07, 6.45) is 1.39. The Morgan fingerprint density at radius 3 is 2.65 bits per heavy atom. The van der Waals surface area contributed by atoms with Gasteiger partial charge in [-0.1, -0.05) is 12.1 Å². The van der Waals surface area contributed by atoms with Crippen LogP contribution in [0, 0.1) is 6.92 Å². The summed E-state index contributed by atoms with van der Waals surface area (Å²) in [5.41, 5.74) is 0.171. The Hall–Kier alpha value is -2.76. The van der Waals surface area contributed by atoms with Crippen LogP contribution in [0.5, 0.6) is 11.5 Å². The van der Waals surface area contributed by atoms with E-state index in [2.05, 4.69) is 0 Å². The zero-order chi connectivity index (χ0) is 18.5. The Bertz CT molecular complexity index is 821. The minimum absolute atomic E-state index is 0.0244. The molecule has 6 nitrogen and oxygen atoms in total. The Labute approximate surface area is 152 Å². The average molecular weight is 357 g/mol. The van der Waals surface area contributed by atoms with E-state index in [0.29, 0.717) is 55.4 Å². The van der Waals surface area contributed by atoms with Gasteiger partial charge in [0.15, 0.2) is 0 Å². The summed E-state index contributed by atoms with van der Waals surface area (Å²) in [5, 5.41) is 0. The Balaban J connectivity index is 1.61. The monoisotopic (exact) mass is 357 g/mol. The zero-order valence-electron chi connectivity index (χ0n) is 15.1. The lowest BCUT2D eigenvalue weighted by atomic mass is 10.1. The first kappa shape index (κ1) is 18.0. The molecule has 0 saturated carbocycles. The molecule has 0 bridgehead atoms. The van der Waals surface area contributed by atoms with Gasteiger partial charge in [-0.25, -0.2) is 4.79 Å². The maximum absolute atomic E-state index is 12.8. The van der Waals surface area contributed by atoms with Gasteiger partial charge in [-0.3, -0.25) is 4.79 Å². The number of piperidine rings is 1. The van der Waals surface area contributed by atoms with Crippen molar-refractivity contribution in [3.05, 3.63) is 58.1 Å². The van der Waals surface area contributed by atoms with Crippen LogP contribution in [-0.2, 0) is 0 Å². The first-order valence-electron chi connectivity index (χ1n) is 8.86. The Morgan fingerprint density at radius 2 is 1.96 bits per heavy atom. The van der Waals surface area contributed by atoms with Gasteiger partial charge in [-0.15, -0.1) is 0 Å². The van der Waals surface area contributed by atoms with Crippen molar-refractivity contribution in [2.24, 2.45) is 0 Å². The highest BCUT2D eigenvalue weighted by Gasteiger charge is 2.26. The maximum atomic E-state index is 12.8. The maximum Gasteiger partial charge on any atom is 0.339 e. The number of benzene rings is 1. The van der Waals surface area contributed by atoms with Gasteiger partial charge < -0.3 is 18.8 Å². The van der Waals surface area contributed by atoms with Crippen LogP contribution in [0.3, 0.4) is 0 Å². The highest BCUT2D eigenvalue weighted by molar-refractivity contribution is 5.97. The third-order valence-electron chi connectivity index (χ3n) is 4.32. The molecule has 1 aliphatic heterocycles. The molecule has 26 heavy (non-hydrogen) atoms. The number of para-hydroxylation sites is 1. The van der Waals surface area contributed by atoms with E-state index in [1.54, 1.807) is 19.1 Å². The number of likely N-dealkylation sites (tertiary alicyclic amines) is 1. The highest BCUT2D eigenvalue weighted by Crippen LogP contribution is 2.24. The van der Waals surface area contributed by atoms with Crippen LogP contribution in [-0.4, -0.2) is 36.6 Å². The predicted molar refractivity (Wildman–Crippen MR) is 96.9 cm³/mol. The van der Waals surface area contributed by atoms with Crippen molar-refractivity contribution >= 4 is 5.91 Å². The summed E-state index contributed by atoms with van der Waals surface area (Å²) < 4.78 is 16.4. The molecule has 1 saturated heterocycles. The highest BCUT2D eigenvalue weighted by atomic mass is 16.5. The van der Waals surface area contributed by atoms with Crippen LogP contribution in [0.2, 0.25) is 0 Å². The molecule has 0 N–H and O–H groups in total. The molecule has 0 atom stereocenters. The van der Waals surface area contributed by atoms with Gasteiger partial charge in [0.05, 0.1) is 18.2 Å². The second-order valence-electron chi connectivity index (χ2n) is 6.26. The van der Waals surface area contributed by atoms with Gasteiger partial charge in [0, 0.05) is 32.0 Å². The minimum atomic E-state index is -0.417. The fourth-order valence-electron chi connectivity index (χ4n) is 3.11. The molecule has 1 aromatic carbocycles. The van der Waals surface area contributed by atoms with Gasteiger partial charge in [0.25, 0.3) is 5.91 Å². The molecule has 1 amide bonds. The van der Waals surface area contributed by atoms with Crippen molar-refractivity contribution in [2.75, 3.05) is 19.7 Å². The average Bonchev–Trinajstić information content (AvgIpc) is 2.62. The second-order valence-corrected chi connectivity index (χ2v) is 6.26. The molecular weight excluding hydrogens is 334 g/mol. The van der Waals surface area contributed by atoms with Gasteiger partial charge >= 0.3 is 5.63 Å². The number of amides is 1. The van der Waals surface area contributed by atoms with Crippen LogP contribution >= 0.6 is 0 Å². The number of hydrogen-bond acceptors (Lipinski definition) is 5. The third kappa shape index (κ3) is 4.25. The molecule has 3 rings (SSSR count). The van der Waals surface area contributed by atoms with Crippen LogP contribution < -0.4 is 15.1 Å². The molecular formula is C20H23NO5. The van der Waals surface area contributed by atoms with E-state index in [4.69, 9.17) is 13.9 Å². The van der Waals surface area contributed by atoms with Crippen molar-refractivity contribution in [1.82, 2.24) is 4.90 Å². The molecule has 1 aliphatic rings. The molecule has 1 aromatic heterocycles. The zero-order valence-corrected chi connectivity index (χ0v) is 15.1. The number of carbonyl (C=O) groups excluding carboxylic acids is 1. The van der Waals surface area contributed by atoms with Gasteiger partial charge in [0.1, 0.15) is 23.4 Å². The van der Waals surface area contributed by atoms with Gasteiger partial charge in [-0.2, -0.15) is 0 Å². The van der Waals surface area contributed by atoms with Crippen molar-refractivity contribution in [3.63, 3.8) is 0 Å². The minimum Gasteiger partial charge on any atom is -0.493 e. The number of hydrogen-bond donors (Lipinski definition) is 0. The smallest absolute Gasteiger partial charge is 0.339 e. The Kier molecular flexibility index (Phi) is 5.61. The number of aryl methyl sites for hydroxylation is 1. The standard InChI is InChI=1S/C20H23NO5/c1-3-24-18-7-5-4-6-17(18)20(23)21-10-8-15(9-11-21)26-16-12-14(2)25-19(22)13-16/h4-7,12-13,15H,3,8-11H2,1-2H3. The lowest BCUT2D eigenvalue weighted by Crippen LogP contribution is -2.42. The lowest BCUT2D eigenvalue weighted by molar-refractivity contribution is 0.0591. The topological polar surface area (TPSA) is 69.0 Å². The molecule has 138 valence electrons. The summed E-state index contributed by atoms with van der Waals surface area (Å²) >= 11 is 0. The molecule has 0 radical (unpaired) electrons. The van der Waals surface area contributed by atoms with E-state index in [1.807, 2.05) is 30.0 Å². The lowest BCUT2D eigenvalue weighted by Gasteiger charge is -2.32. The molecule has 2 heterocycles. The van der Waals surface area contributed by atoms with E-state index in [0.717, 1.165) is 0 Å². The van der Waals surface area contributed by atoms with E-state index in [-0.39, 0.29) is 12.0 Å². The quantitative estimate of drug-likeness (QED) is 0.823. The molecule has 6 heteroatoms. The van der Waals surface area contributed by atoms with Crippen LogP contribution in [0.1, 0.15) is 35.9 Å². The number of carbonyl (C=O) groups is 1. The first-order valence-corrected chi connectivity index (χ1v) is 8.86. The molecule has 1 fully saturated rings. The molecule has 0 unspecified atom stereocenters. The summed E-state index contributed by atoms with van der Waals surface area (Å²) in [7, 11) is 0. The van der Waals surface area contributed by atoms with Crippen molar-refractivity contribution in [2.45, 2.75) is 32.8 Å². The second kappa shape index (κ2) is 8.08. The van der Waals surface area contributed by atoms with E-state index in [1.165, 1.54) is 6.07 Å². The van der Waals surface area contributed by atoms with Crippen molar-refractivity contribution in [3.8, 4) is 11.5 Å². The summed E-state index contributed by atoms with van der Waals surface area (Å²) in [5.74, 6) is 1.63. The third-order valence-corrected chi connectivity index (χ3v) is 4.32. The normalized spacial score (nSPS) is 14.9. The van der Waals surface area contributed by atoms with Crippen molar-refractivity contribution in [1.29, 1.82) is 0 Å². The Morgan fingerprint density at radius 1 is 1.23 bits per heavy atom. The largest absolute Gasteiger partial charge is 0.493 e. The van der Waals surface area contributed by atoms with Crippen LogP contribution in [0.15, 0.2) is 45.6 Å². The van der Waals surface area contributed by atoms with Crippen molar-refractivity contribution < 1.29 is 18.7 Å². The summed E-state index contributed by atoms with van der Waals surface area (Å²) in [6, 6.07) is 10.4. The van der Waals surface area contributed by atoms with Gasteiger partial charge in [0.2, 0.25) is 0 Å². The number of rotatable bonds is 5. The van der Waals surface area contributed by atoms with E-state index >= 15 is 0 Å².